The molecule has 0 atom stereocenters. The van der Waals surface area contributed by atoms with E-state index in [0.717, 1.165) is 5.56 Å². The average Bonchev–Trinajstić information content (AvgIpc) is 2.78. The molecule has 2 nitrogen and oxygen atoms in total. The van der Waals surface area contributed by atoms with Gasteiger partial charge < -0.3 is 4.42 Å². The van der Waals surface area contributed by atoms with E-state index in [-0.39, 0.29) is 12.2 Å². The molecule has 4 heteroatoms. The standard InChI is InChI=1S/C12H8Cl2O2/c13-10-3-1-2-8(12(10)14)6-11(15)9-4-5-16-7-9/h1-5,7H,6H2. The van der Waals surface area contributed by atoms with Crippen molar-refractivity contribution in [1.82, 2.24) is 0 Å². The van der Waals surface area contributed by atoms with E-state index in [2.05, 4.69) is 0 Å². The molecular formula is C12H8Cl2O2. The molecule has 82 valence electrons. The van der Waals surface area contributed by atoms with E-state index >= 15 is 0 Å². The van der Waals surface area contributed by atoms with Gasteiger partial charge in [0.15, 0.2) is 5.78 Å². The Labute approximate surface area is 103 Å². The Balaban J connectivity index is 2.22. The molecule has 1 heterocycles. The summed E-state index contributed by atoms with van der Waals surface area (Å²) in [6.45, 7) is 0. The normalized spacial score (nSPS) is 10.4. The Morgan fingerprint density at radius 2 is 2.06 bits per heavy atom. The molecular weight excluding hydrogens is 247 g/mol. The smallest absolute Gasteiger partial charge is 0.170 e. The fraction of sp³-hybridized carbons (Fsp3) is 0.0833. The summed E-state index contributed by atoms with van der Waals surface area (Å²) in [5, 5.41) is 0.889. The highest BCUT2D eigenvalue weighted by molar-refractivity contribution is 6.42. The molecule has 1 aromatic heterocycles. The quantitative estimate of drug-likeness (QED) is 0.775. The molecule has 1 aromatic carbocycles. The summed E-state index contributed by atoms with van der Waals surface area (Å²) in [6, 6.07) is 6.87. The maximum atomic E-state index is 11.8. The molecule has 0 amide bonds. The molecule has 0 N–H and O–H groups in total. The zero-order valence-electron chi connectivity index (χ0n) is 8.24. The van der Waals surface area contributed by atoms with Crippen molar-refractivity contribution >= 4 is 29.0 Å². The Morgan fingerprint density at radius 3 is 2.75 bits per heavy atom. The van der Waals surface area contributed by atoms with Gasteiger partial charge in [0.1, 0.15) is 6.26 Å². The lowest BCUT2D eigenvalue weighted by atomic mass is 10.1. The number of hydrogen-bond acceptors (Lipinski definition) is 2. The van der Waals surface area contributed by atoms with Gasteiger partial charge >= 0.3 is 0 Å². The van der Waals surface area contributed by atoms with E-state index in [4.69, 9.17) is 27.6 Å². The van der Waals surface area contributed by atoms with Crippen LogP contribution in [0.5, 0.6) is 0 Å². The number of rotatable bonds is 3. The largest absolute Gasteiger partial charge is 0.472 e. The molecule has 0 fully saturated rings. The van der Waals surface area contributed by atoms with E-state index < -0.39 is 0 Å². The van der Waals surface area contributed by atoms with Crippen molar-refractivity contribution in [1.29, 1.82) is 0 Å². The van der Waals surface area contributed by atoms with E-state index in [0.29, 0.717) is 15.6 Å². The van der Waals surface area contributed by atoms with Gasteiger partial charge in [-0.2, -0.15) is 0 Å². The number of hydrogen-bond donors (Lipinski definition) is 0. The number of halogens is 2. The van der Waals surface area contributed by atoms with Crippen molar-refractivity contribution in [3.63, 3.8) is 0 Å². The zero-order chi connectivity index (χ0) is 11.5. The van der Waals surface area contributed by atoms with Crippen molar-refractivity contribution in [3.05, 3.63) is 58.0 Å². The van der Waals surface area contributed by atoms with Crippen LogP contribution in [-0.4, -0.2) is 5.78 Å². The van der Waals surface area contributed by atoms with Crippen LogP contribution in [0.2, 0.25) is 10.0 Å². The van der Waals surface area contributed by atoms with Gasteiger partial charge in [0, 0.05) is 6.42 Å². The number of furan rings is 1. The van der Waals surface area contributed by atoms with E-state index in [1.54, 1.807) is 24.3 Å². The molecule has 2 rings (SSSR count). The fourth-order valence-corrected chi connectivity index (χ4v) is 1.77. The van der Waals surface area contributed by atoms with Crippen molar-refractivity contribution < 1.29 is 9.21 Å². The predicted molar refractivity (Wildman–Crippen MR) is 63.2 cm³/mol. The number of benzene rings is 1. The minimum Gasteiger partial charge on any atom is -0.472 e. The molecule has 16 heavy (non-hydrogen) atoms. The van der Waals surface area contributed by atoms with Crippen molar-refractivity contribution in [3.8, 4) is 0 Å². The molecule has 0 saturated heterocycles. The lowest BCUT2D eigenvalue weighted by Gasteiger charge is -2.03. The van der Waals surface area contributed by atoms with Crippen LogP contribution in [0.4, 0.5) is 0 Å². The van der Waals surface area contributed by atoms with Crippen LogP contribution in [-0.2, 0) is 6.42 Å². The maximum Gasteiger partial charge on any atom is 0.170 e. The second kappa shape index (κ2) is 4.73. The zero-order valence-corrected chi connectivity index (χ0v) is 9.76. The van der Waals surface area contributed by atoms with Crippen LogP contribution in [0.1, 0.15) is 15.9 Å². The van der Waals surface area contributed by atoms with Crippen molar-refractivity contribution in [2.45, 2.75) is 6.42 Å². The Hall–Kier alpha value is -1.25. The molecule has 0 aliphatic heterocycles. The van der Waals surface area contributed by atoms with Gasteiger partial charge in [-0.3, -0.25) is 4.79 Å². The van der Waals surface area contributed by atoms with E-state index in [1.165, 1.54) is 12.5 Å². The third-order valence-corrected chi connectivity index (χ3v) is 3.08. The second-order valence-electron chi connectivity index (χ2n) is 3.32. The number of ketones is 1. The molecule has 0 spiro atoms. The van der Waals surface area contributed by atoms with Crippen LogP contribution >= 0.6 is 23.2 Å². The lowest BCUT2D eigenvalue weighted by molar-refractivity contribution is 0.0992. The lowest BCUT2D eigenvalue weighted by Crippen LogP contribution is -2.02. The van der Waals surface area contributed by atoms with Crippen molar-refractivity contribution in [2.24, 2.45) is 0 Å². The van der Waals surface area contributed by atoms with Crippen molar-refractivity contribution in [2.75, 3.05) is 0 Å². The SMILES string of the molecule is O=C(Cc1cccc(Cl)c1Cl)c1ccoc1. The highest BCUT2D eigenvalue weighted by Gasteiger charge is 2.11. The van der Waals surface area contributed by atoms with Crippen LogP contribution in [0.25, 0.3) is 0 Å². The van der Waals surface area contributed by atoms with Gasteiger partial charge in [-0.05, 0) is 17.7 Å². The first-order valence-corrected chi connectivity index (χ1v) is 5.42. The fourth-order valence-electron chi connectivity index (χ4n) is 1.38. The first-order chi connectivity index (χ1) is 7.68. The van der Waals surface area contributed by atoms with E-state index in [9.17, 15) is 4.79 Å². The Morgan fingerprint density at radius 1 is 1.25 bits per heavy atom. The summed E-state index contributed by atoms with van der Waals surface area (Å²) in [5.74, 6) is -0.0436. The summed E-state index contributed by atoms with van der Waals surface area (Å²) in [4.78, 5) is 11.8. The van der Waals surface area contributed by atoms with Crippen LogP contribution in [0, 0.1) is 0 Å². The summed E-state index contributed by atoms with van der Waals surface area (Å²) < 4.78 is 4.85. The maximum absolute atomic E-state index is 11.8. The first-order valence-electron chi connectivity index (χ1n) is 4.67. The summed E-state index contributed by atoms with van der Waals surface area (Å²) in [7, 11) is 0. The predicted octanol–water partition coefficient (Wildman–Crippen LogP) is 4.01. The Bertz CT molecular complexity index is 504. The van der Waals surface area contributed by atoms with Gasteiger partial charge in [-0.15, -0.1) is 0 Å². The molecule has 0 unspecified atom stereocenters. The Kier molecular flexibility index (Phi) is 3.32. The molecule has 0 saturated carbocycles. The van der Waals surface area contributed by atoms with Crippen LogP contribution < -0.4 is 0 Å². The summed E-state index contributed by atoms with van der Waals surface area (Å²) in [5.41, 5.74) is 1.26. The molecule has 2 aromatic rings. The van der Waals surface area contributed by atoms with Gasteiger partial charge in [-0.1, -0.05) is 35.3 Å². The molecule has 0 aliphatic carbocycles. The molecule has 0 radical (unpaired) electrons. The highest BCUT2D eigenvalue weighted by Crippen LogP contribution is 2.26. The average molecular weight is 255 g/mol. The monoisotopic (exact) mass is 254 g/mol. The highest BCUT2D eigenvalue weighted by atomic mass is 35.5. The van der Waals surface area contributed by atoms with Crippen LogP contribution in [0.3, 0.4) is 0 Å². The minimum atomic E-state index is -0.0436. The van der Waals surface area contributed by atoms with Crippen LogP contribution in [0.15, 0.2) is 41.2 Å². The van der Waals surface area contributed by atoms with Gasteiger partial charge in [0.2, 0.25) is 0 Å². The van der Waals surface area contributed by atoms with Gasteiger partial charge in [-0.25, -0.2) is 0 Å². The number of Topliss-reactive ketones (excluding diaryl/α,β-unsaturated/α-hetero) is 1. The number of carbonyl (C=O) groups is 1. The topological polar surface area (TPSA) is 30.2 Å². The second-order valence-corrected chi connectivity index (χ2v) is 4.11. The van der Waals surface area contributed by atoms with E-state index in [1.807, 2.05) is 0 Å². The van der Waals surface area contributed by atoms with Gasteiger partial charge in [0.25, 0.3) is 0 Å². The third-order valence-electron chi connectivity index (χ3n) is 2.23. The van der Waals surface area contributed by atoms with Gasteiger partial charge in [0.05, 0.1) is 21.9 Å². The first kappa shape index (κ1) is 11.2. The minimum absolute atomic E-state index is 0.0436. The molecule has 0 bridgehead atoms. The summed E-state index contributed by atoms with van der Waals surface area (Å²) in [6.07, 6.45) is 3.10. The summed E-state index contributed by atoms with van der Waals surface area (Å²) >= 11 is 11.9. The molecule has 0 aliphatic rings. The number of carbonyl (C=O) groups excluding carboxylic acids is 1. The third kappa shape index (κ3) is 2.29.